The van der Waals surface area contributed by atoms with Gasteiger partial charge in [0.05, 0.1) is 11.6 Å². The molecule has 126 valence electrons. The Bertz CT molecular complexity index is 706. The third kappa shape index (κ3) is 5.32. The quantitative estimate of drug-likeness (QED) is 0.740. The van der Waals surface area contributed by atoms with Gasteiger partial charge in [0.25, 0.3) is 5.91 Å². The van der Waals surface area contributed by atoms with Crippen LogP contribution in [-0.4, -0.2) is 22.2 Å². The van der Waals surface area contributed by atoms with E-state index in [2.05, 4.69) is 22.4 Å². The number of carbonyl (C=O) groups excluding carboxylic acids is 1. The second kappa shape index (κ2) is 8.99. The number of rotatable bonds is 8. The number of benzene rings is 1. The van der Waals surface area contributed by atoms with Crippen LogP contribution in [0.1, 0.15) is 43.7 Å². The van der Waals surface area contributed by atoms with Gasteiger partial charge in [0.1, 0.15) is 10.8 Å². The summed E-state index contributed by atoms with van der Waals surface area (Å²) in [5, 5.41) is 21.0. The molecule has 1 aromatic heterocycles. The van der Waals surface area contributed by atoms with E-state index in [1.807, 2.05) is 6.07 Å². The molecule has 1 amide bonds. The molecule has 0 bridgehead atoms. The Morgan fingerprint density at radius 1 is 1.33 bits per heavy atom. The maximum atomic E-state index is 12.2. The van der Waals surface area contributed by atoms with Crippen molar-refractivity contribution in [3.63, 3.8) is 0 Å². The third-order valence-corrected chi connectivity index (χ3v) is 4.26. The molecule has 0 fully saturated rings. The summed E-state index contributed by atoms with van der Waals surface area (Å²) >= 11 is 1.39. The minimum atomic E-state index is -0.676. The molecule has 24 heavy (non-hydrogen) atoms. The smallest absolute Gasteiger partial charge is 0.266 e. The van der Waals surface area contributed by atoms with Crippen molar-refractivity contribution < 1.29 is 9.53 Å². The lowest BCUT2D eigenvalue weighted by Gasteiger charge is -2.13. The number of aryl methyl sites for hydroxylation is 1. The van der Waals surface area contributed by atoms with Gasteiger partial charge in [-0.1, -0.05) is 31.1 Å². The standard InChI is InChI=1S/C17H20N4O2S/c1-3-4-5-6-15-20-21-17(24-15)19-16(22)12(2)23-14-9-7-13(11-18)8-10-14/h7-10,12H,3-6H2,1-2H3,(H,19,21,22). The van der Waals surface area contributed by atoms with E-state index >= 15 is 0 Å². The van der Waals surface area contributed by atoms with Gasteiger partial charge in [-0.3, -0.25) is 10.1 Å². The van der Waals surface area contributed by atoms with Crippen molar-refractivity contribution in [3.05, 3.63) is 34.8 Å². The Balaban J connectivity index is 1.85. The molecule has 0 spiro atoms. The van der Waals surface area contributed by atoms with Crippen LogP contribution < -0.4 is 10.1 Å². The molecular weight excluding hydrogens is 324 g/mol. The molecule has 2 rings (SSSR count). The second-order valence-corrected chi connectivity index (χ2v) is 6.41. The zero-order valence-corrected chi connectivity index (χ0v) is 14.6. The van der Waals surface area contributed by atoms with Crippen LogP contribution in [-0.2, 0) is 11.2 Å². The van der Waals surface area contributed by atoms with Crippen molar-refractivity contribution in [1.29, 1.82) is 5.26 Å². The molecule has 1 heterocycles. The van der Waals surface area contributed by atoms with Crippen LogP contribution in [0, 0.1) is 11.3 Å². The molecule has 0 aliphatic heterocycles. The van der Waals surface area contributed by atoms with Crippen molar-refractivity contribution in [1.82, 2.24) is 10.2 Å². The average molecular weight is 344 g/mol. The molecule has 0 aliphatic rings. The highest BCUT2D eigenvalue weighted by Gasteiger charge is 2.17. The number of hydrogen-bond donors (Lipinski definition) is 1. The fourth-order valence-corrected chi connectivity index (χ4v) is 2.79. The van der Waals surface area contributed by atoms with E-state index in [4.69, 9.17) is 10.00 Å². The molecular formula is C17H20N4O2S. The van der Waals surface area contributed by atoms with Crippen LogP contribution in [0.4, 0.5) is 5.13 Å². The minimum absolute atomic E-state index is 0.282. The van der Waals surface area contributed by atoms with Gasteiger partial charge < -0.3 is 4.74 Å². The predicted molar refractivity (Wildman–Crippen MR) is 93.0 cm³/mol. The van der Waals surface area contributed by atoms with Crippen LogP contribution in [0.2, 0.25) is 0 Å². The molecule has 7 heteroatoms. The largest absolute Gasteiger partial charge is 0.481 e. The lowest BCUT2D eigenvalue weighted by molar-refractivity contribution is -0.122. The monoisotopic (exact) mass is 344 g/mol. The van der Waals surface area contributed by atoms with Gasteiger partial charge in [-0.25, -0.2) is 0 Å². The number of carbonyl (C=O) groups is 1. The molecule has 1 N–H and O–H groups in total. The fourth-order valence-electron chi connectivity index (χ4n) is 2.00. The molecule has 2 aromatic rings. The molecule has 1 atom stereocenters. The van der Waals surface area contributed by atoms with E-state index in [0.717, 1.165) is 30.7 Å². The Morgan fingerprint density at radius 3 is 2.75 bits per heavy atom. The van der Waals surface area contributed by atoms with Crippen molar-refractivity contribution in [3.8, 4) is 11.8 Å². The number of ether oxygens (including phenoxy) is 1. The maximum absolute atomic E-state index is 12.2. The summed E-state index contributed by atoms with van der Waals surface area (Å²) in [5.74, 6) is 0.254. The summed E-state index contributed by atoms with van der Waals surface area (Å²) in [6.45, 7) is 3.82. The van der Waals surface area contributed by atoms with E-state index in [0.29, 0.717) is 16.4 Å². The fraction of sp³-hybridized carbons (Fsp3) is 0.412. The Hall–Kier alpha value is -2.46. The van der Waals surface area contributed by atoms with Gasteiger partial charge in [0.15, 0.2) is 6.10 Å². The number of amides is 1. The van der Waals surface area contributed by atoms with Gasteiger partial charge in [-0.15, -0.1) is 10.2 Å². The normalized spacial score (nSPS) is 11.5. The van der Waals surface area contributed by atoms with Gasteiger partial charge in [0.2, 0.25) is 5.13 Å². The molecule has 0 radical (unpaired) electrons. The highest BCUT2D eigenvalue weighted by atomic mass is 32.1. The number of nitrogens with zero attached hydrogens (tertiary/aromatic N) is 3. The van der Waals surface area contributed by atoms with Crippen LogP contribution in [0.5, 0.6) is 5.75 Å². The van der Waals surface area contributed by atoms with Gasteiger partial charge in [-0.2, -0.15) is 5.26 Å². The first-order valence-electron chi connectivity index (χ1n) is 7.92. The molecule has 0 saturated carbocycles. The van der Waals surface area contributed by atoms with Crippen molar-refractivity contribution in [2.45, 2.75) is 45.6 Å². The summed E-state index contributed by atoms with van der Waals surface area (Å²) < 4.78 is 5.57. The van der Waals surface area contributed by atoms with Crippen LogP contribution in [0.25, 0.3) is 0 Å². The lowest BCUT2D eigenvalue weighted by atomic mass is 10.2. The molecule has 1 aromatic carbocycles. The van der Waals surface area contributed by atoms with E-state index in [1.165, 1.54) is 11.3 Å². The first-order valence-corrected chi connectivity index (χ1v) is 8.74. The van der Waals surface area contributed by atoms with E-state index < -0.39 is 6.10 Å². The second-order valence-electron chi connectivity index (χ2n) is 5.34. The first kappa shape index (κ1) is 17.9. The summed E-state index contributed by atoms with van der Waals surface area (Å²) in [4.78, 5) is 12.2. The number of hydrogen-bond acceptors (Lipinski definition) is 6. The minimum Gasteiger partial charge on any atom is -0.481 e. The van der Waals surface area contributed by atoms with Crippen LogP contribution in [0.15, 0.2) is 24.3 Å². The van der Waals surface area contributed by atoms with E-state index in [1.54, 1.807) is 31.2 Å². The Kier molecular flexibility index (Phi) is 6.70. The van der Waals surface area contributed by atoms with Crippen molar-refractivity contribution in [2.75, 3.05) is 5.32 Å². The number of unbranched alkanes of at least 4 members (excludes halogenated alkanes) is 2. The lowest BCUT2D eigenvalue weighted by Crippen LogP contribution is -2.30. The van der Waals surface area contributed by atoms with Crippen LogP contribution >= 0.6 is 11.3 Å². The van der Waals surface area contributed by atoms with E-state index in [9.17, 15) is 4.79 Å². The first-order chi connectivity index (χ1) is 11.6. The van der Waals surface area contributed by atoms with Gasteiger partial charge in [0, 0.05) is 6.42 Å². The number of aromatic nitrogens is 2. The summed E-state index contributed by atoms with van der Waals surface area (Å²) in [6.07, 6.45) is 3.62. The zero-order valence-electron chi connectivity index (χ0n) is 13.8. The van der Waals surface area contributed by atoms with Gasteiger partial charge in [-0.05, 0) is 37.6 Å². The molecule has 0 aliphatic carbocycles. The van der Waals surface area contributed by atoms with Gasteiger partial charge >= 0.3 is 0 Å². The highest BCUT2D eigenvalue weighted by molar-refractivity contribution is 7.15. The number of nitriles is 1. The predicted octanol–water partition coefficient (Wildman–Crippen LogP) is 3.55. The molecule has 1 unspecified atom stereocenters. The van der Waals surface area contributed by atoms with E-state index in [-0.39, 0.29) is 5.91 Å². The number of nitrogens with one attached hydrogen (secondary N) is 1. The topological polar surface area (TPSA) is 87.9 Å². The van der Waals surface area contributed by atoms with Crippen LogP contribution in [0.3, 0.4) is 0 Å². The number of anilines is 1. The summed E-state index contributed by atoms with van der Waals surface area (Å²) in [5.41, 5.74) is 0.545. The zero-order chi connectivity index (χ0) is 17.4. The Morgan fingerprint density at radius 2 is 2.08 bits per heavy atom. The highest BCUT2D eigenvalue weighted by Crippen LogP contribution is 2.19. The maximum Gasteiger partial charge on any atom is 0.266 e. The molecule has 6 nitrogen and oxygen atoms in total. The SMILES string of the molecule is CCCCCc1nnc(NC(=O)C(C)Oc2ccc(C#N)cc2)s1. The summed E-state index contributed by atoms with van der Waals surface area (Å²) in [7, 11) is 0. The van der Waals surface area contributed by atoms with Crippen molar-refractivity contribution >= 4 is 22.4 Å². The summed E-state index contributed by atoms with van der Waals surface area (Å²) in [6, 6.07) is 8.66. The Labute approximate surface area is 145 Å². The van der Waals surface area contributed by atoms with Crippen molar-refractivity contribution in [2.24, 2.45) is 0 Å². The molecule has 0 saturated heterocycles. The average Bonchev–Trinajstić information content (AvgIpc) is 3.03. The third-order valence-electron chi connectivity index (χ3n) is 3.36.